The second-order valence-corrected chi connectivity index (χ2v) is 7.56. The molecule has 28 heavy (non-hydrogen) atoms. The maximum atomic E-state index is 4.95. The van der Waals surface area contributed by atoms with Crippen molar-refractivity contribution in [2.24, 2.45) is 0 Å². The molecule has 5 rings (SSSR count). The molecule has 2 aromatic heterocycles. The highest BCUT2D eigenvalue weighted by molar-refractivity contribution is 5.81. The van der Waals surface area contributed by atoms with Crippen LogP contribution in [0.1, 0.15) is 22.5 Å². The molecule has 1 aliphatic rings. The highest BCUT2D eigenvalue weighted by Crippen LogP contribution is 2.27. The number of anilines is 1. The fraction of sp³-hybridized carbons (Fsp3) is 0.250. The number of aryl methyl sites for hydroxylation is 3. The van der Waals surface area contributed by atoms with Crippen LogP contribution in [0.4, 0.5) is 5.82 Å². The van der Waals surface area contributed by atoms with Gasteiger partial charge in [-0.3, -0.25) is 0 Å². The zero-order chi connectivity index (χ0) is 18.9. The summed E-state index contributed by atoms with van der Waals surface area (Å²) in [6, 6.07) is 21.2. The Balaban J connectivity index is 1.36. The van der Waals surface area contributed by atoms with Crippen molar-refractivity contribution in [1.82, 2.24) is 14.5 Å². The number of benzene rings is 2. The lowest BCUT2D eigenvalue weighted by Gasteiger charge is -2.29. The van der Waals surface area contributed by atoms with Crippen LogP contribution in [0.15, 0.2) is 67.0 Å². The Hall–Kier alpha value is -3.14. The van der Waals surface area contributed by atoms with E-state index >= 15 is 0 Å². The monoisotopic (exact) mass is 368 g/mol. The molecule has 0 N–H and O–H groups in total. The molecule has 4 nitrogen and oxygen atoms in total. The lowest BCUT2D eigenvalue weighted by molar-refractivity contribution is 0.622. The summed E-state index contributed by atoms with van der Waals surface area (Å²) in [6.07, 6.45) is 4.06. The first kappa shape index (κ1) is 17.0. The van der Waals surface area contributed by atoms with Gasteiger partial charge in [0.15, 0.2) is 0 Å². The zero-order valence-corrected chi connectivity index (χ0v) is 16.2. The zero-order valence-electron chi connectivity index (χ0n) is 16.2. The Morgan fingerprint density at radius 2 is 1.82 bits per heavy atom. The SMILES string of the molecule is Cc1cc2ccccc2nc1N1CCc2c(ncn2CCc2ccccc2)C1. The number of rotatable bonds is 4. The molecule has 0 amide bonds. The summed E-state index contributed by atoms with van der Waals surface area (Å²) < 4.78 is 2.33. The van der Waals surface area contributed by atoms with E-state index in [9.17, 15) is 0 Å². The molecule has 1 aliphatic heterocycles. The Kier molecular flexibility index (Phi) is 4.32. The Morgan fingerprint density at radius 1 is 1.00 bits per heavy atom. The Morgan fingerprint density at radius 3 is 2.71 bits per heavy atom. The van der Waals surface area contributed by atoms with Crippen molar-refractivity contribution < 1.29 is 0 Å². The fourth-order valence-electron chi connectivity index (χ4n) is 4.17. The van der Waals surface area contributed by atoms with E-state index in [1.54, 1.807) is 0 Å². The summed E-state index contributed by atoms with van der Waals surface area (Å²) in [6.45, 7) is 4.96. The van der Waals surface area contributed by atoms with E-state index < -0.39 is 0 Å². The average molecular weight is 368 g/mol. The average Bonchev–Trinajstić information content (AvgIpc) is 3.15. The van der Waals surface area contributed by atoms with Gasteiger partial charge in [0.05, 0.1) is 24.1 Å². The molecule has 0 unspecified atom stereocenters. The third-order valence-electron chi connectivity index (χ3n) is 5.66. The molecule has 0 aliphatic carbocycles. The highest BCUT2D eigenvalue weighted by Gasteiger charge is 2.23. The molecular weight excluding hydrogens is 344 g/mol. The molecule has 3 heterocycles. The summed E-state index contributed by atoms with van der Waals surface area (Å²) in [7, 11) is 0. The maximum Gasteiger partial charge on any atom is 0.132 e. The van der Waals surface area contributed by atoms with Crippen LogP contribution < -0.4 is 4.90 Å². The van der Waals surface area contributed by atoms with Crippen LogP contribution in [0.25, 0.3) is 10.9 Å². The van der Waals surface area contributed by atoms with Crippen LogP contribution in [0.3, 0.4) is 0 Å². The van der Waals surface area contributed by atoms with Crippen molar-refractivity contribution in [3.63, 3.8) is 0 Å². The minimum atomic E-state index is 0.833. The molecule has 0 spiro atoms. The van der Waals surface area contributed by atoms with Gasteiger partial charge >= 0.3 is 0 Å². The maximum absolute atomic E-state index is 4.95. The van der Waals surface area contributed by atoms with Crippen LogP contribution >= 0.6 is 0 Å². The first-order valence-corrected chi connectivity index (χ1v) is 9.96. The van der Waals surface area contributed by atoms with Crippen LogP contribution in [0.2, 0.25) is 0 Å². The molecule has 2 aromatic carbocycles. The molecular formula is C24H24N4. The largest absolute Gasteiger partial charge is 0.350 e. The van der Waals surface area contributed by atoms with E-state index in [-0.39, 0.29) is 0 Å². The standard InChI is InChI=1S/C24H24N4/c1-18-15-20-9-5-6-10-21(20)26-24(18)27-14-12-23-22(16-27)25-17-28(23)13-11-19-7-3-2-4-8-19/h2-10,15,17H,11-14,16H2,1H3. The smallest absolute Gasteiger partial charge is 0.132 e. The van der Waals surface area contributed by atoms with E-state index in [2.05, 4.69) is 77.1 Å². The molecule has 140 valence electrons. The third-order valence-corrected chi connectivity index (χ3v) is 5.66. The predicted octanol–water partition coefficient (Wildman–Crippen LogP) is 4.55. The summed E-state index contributed by atoms with van der Waals surface area (Å²) in [5, 5.41) is 1.20. The van der Waals surface area contributed by atoms with Crippen LogP contribution in [0.5, 0.6) is 0 Å². The first-order valence-electron chi connectivity index (χ1n) is 9.96. The minimum absolute atomic E-state index is 0.833. The lowest BCUT2D eigenvalue weighted by atomic mass is 10.1. The van der Waals surface area contributed by atoms with Crippen LogP contribution in [0, 0.1) is 6.92 Å². The van der Waals surface area contributed by atoms with Crippen LogP contribution in [-0.4, -0.2) is 21.1 Å². The number of imidazole rings is 1. The summed E-state index contributed by atoms with van der Waals surface area (Å²) in [5.74, 6) is 1.09. The number of pyridine rings is 1. The first-order chi connectivity index (χ1) is 13.8. The second-order valence-electron chi connectivity index (χ2n) is 7.56. The van der Waals surface area contributed by atoms with Gasteiger partial charge < -0.3 is 9.47 Å². The number of nitrogens with zero attached hydrogens (tertiary/aromatic N) is 4. The van der Waals surface area contributed by atoms with Crippen molar-refractivity contribution in [3.8, 4) is 0 Å². The van der Waals surface area contributed by atoms with Crippen molar-refractivity contribution in [2.45, 2.75) is 32.9 Å². The van der Waals surface area contributed by atoms with E-state index in [1.807, 2.05) is 6.33 Å². The lowest BCUT2D eigenvalue weighted by Crippen LogP contribution is -2.32. The van der Waals surface area contributed by atoms with E-state index in [0.29, 0.717) is 0 Å². The van der Waals surface area contributed by atoms with Gasteiger partial charge in [-0.2, -0.15) is 0 Å². The second kappa shape index (κ2) is 7.12. The van der Waals surface area contributed by atoms with Gasteiger partial charge in [-0.05, 0) is 36.6 Å². The van der Waals surface area contributed by atoms with Crippen LogP contribution in [-0.2, 0) is 25.9 Å². The molecule has 0 saturated carbocycles. The number of fused-ring (bicyclic) bond motifs is 2. The number of hydrogen-bond donors (Lipinski definition) is 0. The van der Waals surface area contributed by atoms with Gasteiger partial charge in [0.1, 0.15) is 5.82 Å². The summed E-state index contributed by atoms with van der Waals surface area (Å²) >= 11 is 0. The highest BCUT2D eigenvalue weighted by atomic mass is 15.2. The van der Waals surface area contributed by atoms with Crippen molar-refractivity contribution in [2.75, 3.05) is 11.4 Å². The van der Waals surface area contributed by atoms with E-state index in [4.69, 9.17) is 9.97 Å². The normalized spacial score (nSPS) is 13.7. The predicted molar refractivity (Wildman–Crippen MR) is 114 cm³/mol. The van der Waals surface area contributed by atoms with E-state index in [1.165, 1.54) is 27.9 Å². The third kappa shape index (κ3) is 3.15. The Labute approximate surface area is 165 Å². The van der Waals surface area contributed by atoms with E-state index in [0.717, 1.165) is 43.8 Å². The number of aromatic nitrogens is 3. The van der Waals surface area contributed by atoms with Crippen molar-refractivity contribution >= 4 is 16.7 Å². The number of para-hydroxylation sites is 1. The van der Waals surface area contributed by atoms with Crippen molar-refractivity contribution in [1.29, 1.82) is 0 Å². The van der Waals surface area contributed by atoms with Gasteiger partial charge in [-0.15, -0.1) is 0 Å². The van der Waals surface area contributed by atoms with Gasteiger partial charge in [0.2, 0.25) is 0 Å². The fourth-order valence-corrected chi connectivity index (χ4v) is 4.17. The molecule has 0 saturated heterocycles. The summed E-state index contributed by atoms with van der Waals surface area (Å²) in [4.78, 5) is 12.0. The topological polar surface area (TPSA) is 34.0 Å². The minimum Gasteiger partial charge on any atom is -0.350 e. The number of hydrogen-bond acceptors (Lipinski definition) is 3. The molecule has 4 heteroatoms. The van der Waals surface area contributed by atoms with Gasteiger partial charge in [0, 0.05) is 30.6 Å². The molecule has 0 bridgehead atoms. The molecule has 0 fully saturated rings. The van der Waals surface area contributed by atoms with Gasteiger partial charge in [-0.1, -0.05) is 48.5 Å². The molecule has 0 atom stereocenters. The van der Waals surface area contributed by atoms with Gasteiger partial charge in [0.25, 0.3) is 0 Å². The quantitative estimate of drug-likeness (QED) is 0.530. The van der Waals surface area contributed by atoms with Gasteiger partial charge in [-0.25, -0.2) is 9.97 Å². The molecule has 0 radical (unpaired) electrons. The summed E-state index contributed by atoms with van der Waals surface area (Å²) in [5.41, 5.74) is 6.23. The van der Waals surface area contributed by atoms with Crippen molar-refractivity contribution in [3.05, 3.63) is 89.5 Å². The molecule has 4 aromatic rings. The Bertz CT molecular complexity index is 1110.